The highest BCUT2D eigenvalue weighted by molar-refractivity contribution is 9.10. The van der Waals surface area contributed by atoms with Crippen LogP contribution in [0.25, 0.3) is 0 Å². The number of nitrogens with zero attached hydrogens (tertiary/aromatic N) is 1. The fourth-order valence-electron chi connectivity index (χ4n) is 2.57. The average Bonchev–Trinajstić information content (AvgIpc) is 2.92. The lowest BCUT2D eigenvalue weighted by atomic mass is 10.2. The van der Waals surface area contributed by atoms with Crippen LogP contribution in [0.15, 0.2) is 33.6 Å². The topological polar surface area (TPSA) is 55.8 Å². The first-order valence-electron chi connectivity index (χ1n) is 8.28. The van der Waals surface area contributed by atoms with Gasteiger partial charge in [-0.15, -0.1) is 11.8 Å². The Morgan fingerprint density at radius 3 is 2.48 bits per heavy atom. The molecule has 0 aromatic heterocycles. The largest absolute Gasteiger partial charge is 0.464 e. The Morgan fingerprint density at radius 2 is 1.92 bits per heavy atom. The number of thioether (sulfide) groups is 1. The predicted molar refractivity (Wildman–Crippen MR) is 102 cm³/mol. The first-order valence-corrected chi connectivity index (χ1v) is 9.95. The highest BCUT2D eigenvalue weighted by Gasteiger charge is 2.42. The summed E-state index contributed by atoms with van der Waals surface area (Å²) in [4.78, 5) is 27.4. The van der Waals surface area contributed by atoms with E-state index >= 15 is 0 Å². The van der Waals surface area contributed by atoms with Crippen LogP contribution >= 0.6 is 27.7 Å². The van der Waals surface area contributed by atoms with E-state index in [2.05, 4.69) is 15.9 Å². The summed E-state index contributed by atoms with van der Waals surface area (Å²) in [6.07, 6.45) is 0.0863. The number of likely N-dealkylation sites (tertiary alicyclic amines) is 1. The average molecular weight is 430 g/mol. The van der Waals surface area contributed by atoms with Crippen molar-refractivity contribution in [3.05, 3.63) is 28.7 Å². The Balaban J connectivity index is 2.10. The minimum absolute atomic E-state index is 0.114. The van der Waals surface area contributed by atoms with Crippen molar-refractivity contribution in [1.82, 2.24) is 4.90 Å². The Morgan fingerprint density at radius 1 is 1.28 bits per heavy atom. The van der Waals surface area contributed by atoms with Gasteiger partial charge >= 0.3 is 12.1 Å². The summed E-state index contributed by atoms with van der Waals surface area (Å²) in [5.41, 5.74) is -0.604. The van der Waals surface area contributed by atoms with Crippen LogP contribution in [-0.2, 0) is 14.3 Å². The smallest absolute Gasteiger partial charge is 0.411 e. The van der Waals surface area contributed by atoms with Crippen molar-refractivity contribution in [3.63, 3.8) is 0 Å². The number of rotatable bonds is 4. The zero-order chi connectivity index (χ0) is 18.6. The molecule has 2 rings (SSSR count). The van der Waals surface area contributed by atoms with Crippen molar-refractivity contribution in [3.8, 4) is 0 Å². The summed E-state index contributed by atoms with van der Waals surface area (Å²) in [7, 11) is 0. The van der Waals surface area contributed by atoms with Gasteiger partial charge in [0.2, 0.25) is 0 Å². The molecular formula is C18H24BrNO4S. The van der Waals surface area contributed by atoms with Crippen LogP contribution < -0.4 is 0 Å². The fourth-order valence-corrected chi connectivity index (χ4v) is 4.03. The molecule has 5 nitrogen and oxygen atoms in total. The van der Waals surface area contributed by atoms with Gasteiger partial charge in [-0.3, -0.25) is 4.90 Å². The van der Waals surface area contributed by atoms with E-state index in [0.29, 0.717) is 19.6 Å². The summed E-state index contributed by atoms with van der Waals surface area (Å²) in [5, 5.41) is 0.114. The van der Waals surface area contributed by atoms with Gasteiger partial charge in [0.05, 0.1) is 6.61 Å². The van der Waals surface area contributed by atoms with E-state index in [4.69, 9.17) is 9.47 Å². The first-order chi connectivity index (χ1) is 11.7. The summed E-state index contributed by atoms with van der Waals surface area (Å²) < 4.78 is 11.6. The van der Waals surface area contributed by atoms with Crippen LogP contribution in [-0.4, -0.2) is 47.0 Å². The molecule has 7 heteroatoms. The quantitative estimate of drug-likeness (QED) is 0.660. The predicted octanol–water partition coefficient (Wildman–Crippen LogP) is 4.48. The van der Waals surface area contributed by atoms with Crippen molar-refractivity contribution in [2.24, 2.45) is 0 Å². The molecule has 0 spiro atoms. The molecule has 0 N–H and O–H groups in total. The highest BCUT2D eigenvalue weighted by Crippen LogP contribution is 2.34. The van der Waals surface area contributed by atoms with E-state index in [1.165, 1.54) is 4.90 Å². The Bertz CT molecular complexity index is 614. The number of amides is 1. The Kier molecular flexibility index (Phi) is 6.79. The standard InChI is InChI=1S/C18H24BrNO4S/c1-5-23-16(21)15-10-14(25-13-8-6-12(19)7-9-13)11-20(15)17(22)24-18(2,3)4/h6-9,14-15H,5,10-11H2,1-4H3/t14-,15-/m0/s1. The van der Waals surface area contributed by atoms with Crippen molar-refractivity contribution in [2.75, 3.05) is 13.2 Å². The zero-order valence-electron chi connectivity index (χ0n) is 15.0. The molecule has 1 aliphatic rings. The number of hydrogen-bond acceptors (Lipinski definition) is 5. The molecule has 0 bridgehead atoms. The van der Waals surface area contributed by atoms with E-state index in [9.17, 15) is 9.59 Å². The number of halogens is 1. The molecular weight excluding hydrogens is 406 g/mol. The van der Waals surface area contributed by atoms with Crippen molar-refractivity contribution >= 4 is 39.8 Å². The molecule has 1 heterocycles. The molecule has 1 aromatic rings. The lowest BCUT2D eigenvalue weighted by Gasteiger charge is -2.27. The number of hydrogen-bond donors (Lipinski definition) is 0. The third kappa shape index (κ3) is 5.92. The van der Waals surface area contributed by atoms with Crippen LogP contribution in [0, 0.1) is 0 Å². The molecule has 1 aliphatic heterocycles. The second kappa shape index (κ2) is 8.45. The number of carbonyl (C=O) groups is 2. The third-order valence-electron chi connectivity index (χ3n) is 3.57. The Hall–Kier alpha value is -1.21. The number of benzene rings is 1. The van der Waals surface area contributed by atoms with Crippen LogP contribution in [0.5, 0.6) is 0 Å². The molecule has 0 aliphatic carbocycles. The van der Waals surface area contributed by atoms with Gasteiger partial charge < -0.3 is 9.47 Å². The maximum Gasteiger partial charge on any atom is 0.411 e. The van der Waals surface area contributed by atoms with Crippen molar-refractivity contribution < 1.29 is 19.1 Å². The van der Waals surface area contributed by atoms with Crippen molar-refractivity contribution in [2.45, 2.75) is 55.9 Å². The molecule has 1 amide bonds. The first kappa shape index (κ1) is 20.1. The number of esters is 1. The van der Waals surface area contributed by atoms with Crippen LogP contribution in [0.2, 0.25) is 0 Å². The molecule has 0 unspecified atom stereocenters. The summed E-state index contributed by atoms with van der Waals surface area (Å²) >= 11 is 5.08. The Labute approximate surface area is 161 Å². The van der Waals surface area contributed by atoms with E-state index < -0.39 is 17.7 Å². The molecule has 1 fully saturated rings. The van der Waals surface area contributed by atoms with Gasteiger partial charge in [0, 0.05) is 21.2 Å². The summed E-state index contributed by atoms with van der Waals surface area (Å²) in [5.74, 6) is -0.368. The fraction of sp³-hybridized carbons (Fsp3) is 0.556. The molecule has 2 atom stereocenters. The molecule has 1 saturated heterocycles. The minimum atomic E-state index is -0.604. The van der Waals surface area contributed by atoms with E-state index in [-0.39, 0.29) is 11.2 Å². The minimum Gasteiger partial charge on any atom is -0.464 e. The lowest BCUT2D eigenvalue weighted by Crippen LogP contribution is -2.44. The number of ether oxygens (including phenoxy) is 2. The van der Waals surface area contributed by atoms with Gasteiger partial charge in [0.15, 0.2) is 0 Å². The molecule has 0 radical (unpaired) electrons. The third-order valence-corrected chi connectivity index (χ3v) is 5.31. The van der Waals surface area contributed by atoms with Gasteiger partial charge in [0.1, 0.15) is 11.6 Å². The van der Waals surface area contributed by atoms with Gasteiger partial charge in [-0.1, -0.05) is 15.9 Å². The molecule has 0 saturated carbocycles. The summed E-state index contributed by atoms with van der Waals surface area (Å²) in [6, 6.07) is 7.40. The lowest BCUT2D eigenvalue weighted by molar-refractivity contribution is -0.148. The second-order valence-electron chi connectivity index (χ2n) is 6.83. The van der Waals surface area contributed by atoms with Gasteiger partial charge in [-0.05, 0) is 58.4 Å². The van der Waals surface area contributed by atoms with Gasteiger partial charge in [0.25, 0.3) is 0 Å². The van der Waals surface area contributed by atoms with Gasteiger partial charge in [-0.2, -0.15) is 0 Å². The monoisotopic (exact) mass is 429 g/mol. The van der Waals surface area contributed by atoms with Crippen LogP contribution in [0.4, 0.5) is 4.79 Å². The molecule has 1 aromatic carbocycles. The summed E-state index contributed by atoms with van der Waals surface area (Å²) in [6.45, 7) is 7.96. The molecule has 25 heavy (non-hydrogen) atoms. The molecule has 138 valence electrons. The van der Waals surface area contributed by atoms with E-state index in [0.717, 1.165) is 9.37 Å². The normalized spacial score (nSPS) is 20.4. The second-order valence-corrected chi connectivity index (χ2v) is 9.12. The maximum atomic E-state index is 12.5. The van der Waals surface area contributed by atoms with E-state index in [1.807, 2.05) is 45.0 Å². The SMILES string of the molecule is CCOC(=O)[C@@H]1C[C@H](Sc2ccc(Br)cc2)CN1C(=O)OC(C)(C)C. The maximum absolute atomic E-state index is 12.5. The van der Waals surface area contributed by atoms with Crippen molar-refractivity contribution in [1.29, 1.82) is 0 Å². The number of carbonyl (C=O) groups excluding carboxylic acids is 2. The highest BCUT2D eigenvalue weighted by atomic mass is 79.9. The van der Waals surface area contributed by atoms with E-state index in [1.54, 1.807) is 18.7 Å². The zero-order valence-corrected chi connectivity index (χ0v) is 17.4. The van der Waals surface area contributed by atoms with Crippen LogP contribution in [0.1, 0.15) is 34.1 Å². The van der Waals surface area contributed by atoms with Gasteiger partial charge in [-0.25, -0.2) is 9.59 Å². The van der Waals surface area contributed by atoms with Crippen LogP contribution in [0.3, 0.4) is 0 Å².